The standard InChI is InChI=1S/C10H6F2N2OS/c11-8-2-1-7(9(12)14-8)13-10(15)6-3-4-16-5-6/h1-5H,(H,13,15). The predicted octanol–water partition coefficient (Wildman–Crippen LogP) is 2.67. The second-order valence-electron chi connectivity index (χ2n) is 2.94. The summed E-state index contributed by atoms with van der Waals surface area (Å²) in [6.45, 7) is 0. The number of rotatable bonds is 2. The van der Waals surface area contributed by atoms with Crippen LogP contribution in [0.1, 0.15) is 10.4 Å². The van der Waals surface area contributed by atoms with Crippen LogP contribution in [0.2, 0.25) is 0 Å². The highest BCUT2D eigenvalue weighted by Crippen LogP contribution is 2.14. The summed E-state index contributed by atoms with van der Waals surface area (Å²) in [6.07, 6.45) is 0. The summed E-state index contributed by atoms with van der Waals surface area (Å²) < 4.78 is 25.6. The molecule has 6 heteroatoms. The summed E-state index contributed by atoms with van der Waals surface area (Å²) >= 11 is 1.35. The van der Waals surface area contributed by atoms with Crippen LogP contribution in [0, 0.1) is 11.9 Å². The van der Waals surface area contributed by atoms with Crippen molar-refractivity contribution in [3.8, 4) is 0 Å². The first-order chi connectivity index (χ1) is 7.66. The summed E-state index contributed by atoms with van der Waals surface area (Å²) in [6, 6.07) is 3.71. The van der Waals surface area contributed by atoms with E-state index in [1.807, 2.05) is 0 Å². The normalized spacial score (nSPS) is 10.1. The molecule has 0 aliphatic carbocycles. The molecule has 0 aliphatic heterocycles. The molecule has 0 bridgehead atoms. The number of carbonyl (C=O) groups excluding carboxylic acids is 1. The zero-order valence-electron chi connectivity index (χ0n) is 7.91. The average molecular weight is 240 g/mol. The highest BCUT2D eigenvalue weighted by Gasteiger charge is 2.10. The fourth-order valence-corrected chi connectivity index (χ4v) is 1.73. The van der Waals surface area contributed by atoms with Gasteiger partial charge in [-0.2, -0.15) is 25.1 Å². The topological polar surface area (TPSA) is 42.0 Å². The zero-order chi connectivity index (χ0) is 11.5. The SMILES string of the molecule is O=C(Nc1ccc(F)nc1F)c1ccsc1. The molecule has 0 saturated heterocycles. The summed E-state index contributed by atoms with van der Waals surface area (Å²) in [5.41, 5.74) is 0.284. The van der Waals surface area contributed by atoms with Gasteiger partial charge in [-0.15, -0.1) is 0 Å². The Morgan fingerprint density at radius 3 is 2.75 bits per heavy atom. The maximum Gasteiger partial charge on any atom is 0.256 e. The highest BCUT2D eigenvalue weighted by atomic mass is 32.1. The van der Waals surface area contributed by atoms with Crippen molar-refractivity contribution in [2.24, 2.45) is 0 Å². The zero-order valence-corrected chi connectivity index (χ0v) is 8.72. The lowest BCUT2D eigenvalue weighted by molar-refractivity contribution is 0.102. The van der Waals surface area contributed by atoms with E-state index in [2.05, 4.69) is 10.3 Å². The Balaban J connectivity index is 2.18. The molecule has 0 unspecified atom stereocenters. The van der Waals surface area contributed by atoms with Gasteiger partial charge in [-0.25, -0.2) is 0 Å². The van der Waals surface area contributed by atoms with E-state index in [0.717, 1.165) is 12.1 Å². The molecule has 2 aromatic rings. The van der Waals surface area contributed by atoms with Gasteiger partial charge in [0.05, 0.1) is 11.3 Å². The van der Waals surface area contributed by atoms with Gasteiger partial charge in [-0.1, -0.05) is 0 Å². The molecular formula is C10H6F2N2OS. The maximum absolute atomic E-state index is 13.1. The predicted molar refractivity (Wildman–Crippen MR) is 56.4 cm³/mol. The van der Waals surface area contributed by atoms with Gasteiger partial charge in [0.1, 0.15) is 0 Å². The van der Waals surface area contributed by atoms with Crippen LogP contribution >= 0.6 is 11.3 Å². The van der Waals surface area contributed by atoms with Crippen molar-refractivity contribution in [3.63, 3.8) is 0 Å². The van der Waals surface area contributed by atoms with E-state index in [1.165, 1.54) is 11.3 Å². The van der Waals surface area contributed by atoms with Gasteiger partial charge in [0.25, 0.3) is 5.91 Å². The Morgan fingerprint density at radius 2 is 2.12 bits per heavy atom. The van der Waals surface area contributed by atoms with E-state index in [0.29, 0.717) is 5.56 Å². The number of thiophene rings is 1. The van der Waals surface area contributed by atoms with E-state index in [-0.39, 0.29) is 5.69 Å². The third kappa shape index (κ3) is 2.22. The number of nitrogens with zero attached hydrogens (tertiary/aromatic N) is 1. The number of carbonyl (C=O) groups is 1. The number of halogens is 2. The molecule has 16 heavy (non-hydrogen) atoms. The molecule has 0 aromatic carbocycles. The Bertz CT molecular complexity index is 514. The number of hydrogen-bond acceptors (Lipinski definition) is 3. The molecule has 0 saturated carbocycles. The number of anilines is 1. The molecule has 0 spiro atoms. The molecule has 0 fully saturated rings. The second kappa shape index (κ2) is 4.36. The Labute approximate surface area is 93.8 Å². The summed E-state index contributed by atoms with van der Waals surface area (Å²) in [5, 5.41) is 5.66. The quantitative estimate of drug-likeness (QED) is 0.820. The minimum atomic E-state index is -1.04. The molecule has 2 rings (SSSR count). The summed E-state index contributed by atoms with van der Waals surface area (Å²) in [4.78, 5) is 14.5. The molecule has 0 atom stereocenters. The van der Waals surface area contributed by atoms with Crippen LogP contribution in [0.25, 0.3) is 0 Å². The van der Waals surface area contributed by atoms with Crippen molar-refractivity contribution in [2.45, 2.75) is 0 Å². The minimum absolute atomic E-state index is 0.141. The van der Waals surface area contributed by atoms with Crippen LogP contribution in [0.4, 0.5) is 14.5 Å². The van der Waals surface area contributed by atoms with Gasteiger partial charge in [-0.05, 0) is 23.6 Å². The highest BCUT2D eigenvalue weighted by molar-refractivity contribution is 7.08. The van der Waals surface area contributed by atoms with Crippen LogP contribution < -0.4 is 5.32 Å². The fourth-order valence-electron chi connectivity index (χ4n) is 1.09. The smallest absolute Gasteiger partial charge is 0.256 e. The Kier molecular flexibility index (Phi) is 2.91. The van der Waals surface area contributed by atoms with Crippen LogP contribution in [0.15, 0.2) is 29.0 Å². The second-order valence-corrected chi connectivity index (χ2v) is 3.72. The minimum Gasteiger partial charge on any atom is -0.318 e. The van der Waals surface area contributed by atoms with E-state index in [9.17, 15) is 13.6 Å². The summed E-state index contributed by atoms with van der Waals surface area (Å²) in [5.74, 6) is -2.41. The molecule has 82 valence electrons. The number of hydrogen-bond donors (Lipinski definition) is 1. The molecule has 1 amide bonds. The largest absolute Gasteiger partial charge is 0.318 e. The third-order valence-electron chi connectivity index (χ3n) is 1.85. The lowest BCUT2D eigenvalue weighted by atomic mass is 10.3. The van der Waals surface area contributed by atoms with Crippen LogP contribution in [-0.2, 0) is 0 Å². The Hall–Kier alpha value is -1.82. The third-order valence-corrected chi connectivity index (χ3v) is 2.53. The van der Waals surface area contributed by atoms with Gasteiger partial charge in [-0.3, -0.25) is 4.79 Å². The monoisotopic (exact) mass is 240 g/mol. The number of amides is 1. The van der Waals surface area contributed by atoms with Gasteiger partial charge in [0, 0.05) is 5.38 Å². The van der Waals surface area contributed by atoms with E-state index >= 15 is 0 Å². The van der Waals surface area contributed by atoms with Crippen LogP contribution in [-0.4, -0.2) is 10.9 Å². The van der Waals surface area contributed by atoms with Crippen molar-refractivity contribution in [3.05, 3.63) is 46.4 Å². The van der Waals surface area contributed by atoms with Gasteiger partial charge >= 0.3 is 0 Å². The molecule has 3 nitrogen and oxygen atoms in total. The lowest BCUT2D eigenvalue weighted by Gasteiger charge is -2.03. The Morgan fingerprint density at radius 1 is 1.31 bits per heavy atom. The molecule has 0 radical (unpaired) electrons. The first-order valence-corrected chi connectivity index (χ1v) is 5.26. The number of aromatic nitrogens is 1. The molecule has 2 heterocycles. The molecule has 2 aromatic heterocycles. The average Bonchev–Trinajstić information content (AvgIpc) is 2.75. The maximum atomic E-state index is 13.1. The van der Waals surface area contributed by atoms with Crippen molar-refractivity contribution < 1.29 is 13.6 Å². The van der Waals surface area contributed by atoms with Crippen molar-refractivity contribution >= 4 is 22.9 Å². The molecule has 1 N–H and O–H groups in total. The van der Waals surface area contributed by atoms with Gasteiger partial charge < -0.3 is 5.32 Å². The van der Waals surface area contributed by atoms with Crippen molar-refractivity contribution in [1.29, 1.82) is 0 Å². The van der Waals surface area contributed by atoms with Gasteiger partial charge in [0.15, 0.2) is 0 Å². The van der Waals surface area contributed by atoms with Crippen molar-refractivity contribution in [1.82, 2.24) is 4.98 Å². The number of nitrogens with one attached hydrogen (secondary N) is 1. The van der Waals surface area contributed by atoms with Crippen molar-refractivity contribution in [2.75, 3.05) is 5.32 Å². The van der Waals surface area contributed by atoms with Crippen LogP contribution in [0.3, 0.4) is 0 Å². The van der Waals surface area contributed by atoms with Crippen LogP contribution in [0.5, 0.6) is 0 Å². The van der Waals surface area contributed by atoms with E-state index in [1.54, 1.807) is 16.8 Å². The first kappa shape index (κ1) is 10.7. The lowest BCUT2D eigenvalue weighted by Crippen LogP contribution is -2.12. The number of pyridine rings is 1. The molecule has 0 aliphatic rings. The first-order valence-electron chi connectivity index (χ1n) is 4.32. The van der Waals surface area contributed by atoms with E-state index < -0.39 is 17.8 Å². The van der Waals surface area contributed by atoms with E-state index in [4.69, 9.17) is 0 Å². The summed E-state index contributed by atoms with van der Waals surface area (Å²) in [7, 11) is 0. The molecular weight excluding hydrogens is 234 g/mol. The van der Waals surface area contributed by atoms with Gasteiger partial charge in [0.2, 0.25) is 11.9 Å². The fraction of sp³-hybridized carbons (Fsp3) is 0.